The van der Waals surface area contributed by atoms with E-state index in [-0.39, 0.29) is 11.7 Å². The molecule has 96 valence electrons. The average molecular weight is 249 g/mol. The van der Waals surface area contributed by atoms with Crippen molar-refractivity contribution in [1.82, 2.24) is 10.1 Å². The van der Waals surface area contributed by atoms with E-state index in [2.05, 4.69) is 10.1 Å². The van der Waals surface area contributed by atoms with Crippen LogP contribution in [0.3, 0.4) is 0 Å². The minimum atomic E-state index is -0.269. The summed E-state index contributed by atoms with van der Waals surface area (Å²) in [5.74, 6) is 0.958. The second kappa shape index (κ2) is 5.27. The Balaban J connectivity index is 2.21. The Bertz CT molecular complexity index is 539. The third-order valence-corrected chi connectivity index (χ3v) is 2.82. The first-order valence-corrected chi connectivity index (χ1v) is 5.89. The highest BCUT2D eigenvalue weighted by molar-refractivity contribution is 5.54. The summed E-state index contributed by atoms with van der Waals surface area (Å²) >= 11 is 0. The van der Waals surface area contributed by atoms with Gasteiger partial charge in [-0.25, -0.2) is 4.39 Å². The van der Waals surface area contributed by atoms with Gasteiger partial charge in [0.2, 0.25) is 11.7 Å². The molecule has 0 fully saturated rings. The van der Waals surface area contributed by atoms with Gasteiger partial charge in [-0.15, -0.1) is 0 Å². The van der Waals surface area contributed by atoms with E-state index in [1.165, 1.54) is 6.07 Å². The standard InChI is InChI=1S/C13H16FN3O/c1-8(7-15)5-12-16-13(17-18-12)10-4-3-9(2)11(14)6-10/h3-4,6,8H,5,7,15H2,1-2H3. The Labute approximate surface area is 105 Å². The summed E-state index contributed by atoms with van der Waals surface area (Å²) in [6.07, 6.45) is 0.637. The molecule has 4 nitrogen and oxygen atoms in total. The van der Waals surface area contributed by atoms with Crippen molar-refractivity contribution in [1.29, 1.82) is 0 Å². The van der Waals surface area contributed by atoms with E-state index in [1.807, 2.05) is 6.92 Å². The molecule has 5 heteroatoms. The second-order valence-electron chi connectivity index (χ2n) is 4.52. The number of aromatic nitrogens is 2. The van der Waals surface area contributed by atoms with Crippen LogP contribution in [0.2, 0.25) is 0 Å². The molecular weight excluding hydrogens is 233 g/mol. The van der Waals surface area contributed by atoms with E-state index >= 15 is 0 Å². The molecule has 2 aromatic rings. The van der Waals surface area contributed by atoms with Gasteiger partial charge in [-0.3, -0.25) is 0 Å². The molecule has 0 radical (unpaired) electrons. The first-order chi connectivity index (χ1) is 8.60. The summed E-state index contributed by atoms with van der Waals surface area (Å²) in [5.41, 5.74) is 6.75. The number of hydrogen-bond acceptors (Lipinski definition) is 4. The van der Waals surface area contributed by atoms with Crippen molar-refractivity contribution in [3.05, 3.63) is 35.5 Å². The summed E-state index contributed by atoms with van der Waals surface area (Å²) in [7, 11) is 0. The lowest BCUT2D eigenvalue weighted by Crippen LogP contribution is -2.13. The lowest BCUT2D eigenvalue weighted by atomic mass is 10.1. The average Bonchev–Trinajstić information content (AvgIpc) is 2.81. The van der Waals surface area contributed by atoms with Crippen LogP contribution in [-0.4, -0.2) is 16.7 Å². The summed E-state index contributed by atoms with van der Waals surface area (Å²) in [5, 5.41) is 3.85. The molecule has 0 spiro atoms. The van der Waals surface area contributed by atoms with Crippen LogP contribution in [-0.2, 0) is 6.42 Å². The zero-order valence-electron chi connectivity index (χ0n) is 10.5. The molecule has 1 aromatic carbocycles. The second-order valence-corrected chi connectivity index (χ2v) is 4.52. The Morgan fingerprint density at radius 1 is 1.44 bits per heavy atom. The molecule has 0 saturated carbocycles. The first kappa shape index (κ1) is 12.7. The lowest BCUT2D eigenvalue weighted by Gasteiger charge is -2.02. The van der Waals surface area contributed by atoms with E-state index in [0.29, 0.717) is 35.8 Å². The van der Waals surface area contributed by atoms with Gasteiger partial charge in [0.15, 0.2) is 0 Å². The van der Waals surface area contributed by atoms with Crippen molar-refractivity contribution >= 4 is 0 Å². The third-order valence-electron chi connectivity index (χ3n) is 2.82. The highest BCUT2D eigenvalue weighted by atomic mass is 19.1. The van der Waals surface area contributed by atoms with Gasteiger partial charge < -0.3 is 10.3 Å². The molecule has 1 heterocycles. The SMILES string of the molecule is Cc1ccc(-c2noc(CC(C)CN)n2)cc1F. The molecule has 0 bridgehead atoms. The predicted molar refractivity (Wildman–Crippen MR) is 66.4 cm³/mol. The maximum absolute atomic E-state index is 13.4. The van der Waals surface area contributed by atoms with E-state index in [9.17, 15) is 4.39 Å². The maximum atomic E-state index is 13.4. The Hall–Kier alpha value is -1.75. The Morgan fingerprint density at radius 2 is 2.22 bits per heavy atom. The molecule has 0 aliphatic carbocycles. The molecule has 2 rings (SSSR count). The predicted octanol–water partition coefficient (Wildman–Crippen LogP) is 2.32. The summed E-state index contributed by atoms with van der Waals surface area (Å²) in [6.45, 7) is 4.29. The molecule has 0 aliphatic heterocycles. The minimum absolute atomic E-state index is 0.269. The monoisotopic (exact) mass is 249 g/mol. The van der Waals surface area contributed by atoms with Crippen LogP contribution in [0, 0.1) is 18.7 Å². The van der Waals surface area contributed by atoms with E-state index in [0.717, 1.165) is 0 Å². The molecule has 1 unspecified atom stereocenters. The smallest absolute Gasteiger partial charge is 0.227 e. The van der Waals surface area contributed by atoms with Crippen LogP contribution < -0.4 is 5.73 Å². The van der Waals surface area contributed by atoms with Gasteiger partial charge in [0.25, 0.3) is 0 Å². The molecule has 0 aliphatic rings. The molecule has 1 atom stereocenters. The summed E-state index contributed by atoms with van der Waals surface area (Å²) < 4.78 is 18.6. The van der Waals surface area contributed by atoms with Gasteiger partial charge in [0.1, 0.15) is 5.82 Å². The molecule has 1 aromatic heterocycles. The van der Waals surface area contributed by atoms with Crippen LogP contribution in [0.4, 0.5) is 4.39 Å². The fourth-order valence-electron chi connectivity index (χ4n) is 1.57. The summed E-state index contributed by atoms with van der Waals surface area (Å²) in [6, 6.07) is 4.89. The molecule has 18 heavy (non-hydrogen) atoms. The van der Waals surface area contributed by atoms with E-state index in [1.54, 1.807) is 19.1 Å². The minimum Gasteiger partial charge on any atom is -0.339 e. The fourth-order valence-corrected chi connectivity index (χ4v) is 1.57. The van der Waals surface area contributed by atoms with Crippen LogP contribution in [0.25, 0.3) is 11.4 Å². The van der Waals surface area contributed by atoms with Crippen LogP contribution >= 0.6 is 0 Å². The van der Waals surface area contributed by atoms with Gasteiger partial charge in [0, 0.05) is 12.0 Å². The number of nitrogens with two attached hydrogens (primary N) is 1. The van der Waals surface area contributed by atoms with Crippen LogP contribution in [0.5, 0.6) is 0 Å². The van der Waals surface area contributed by atoms with Crippen molar-refractivity contribution in [2.45, 2.75) is 20.3 Å². The number of halogens is 1. The van der Waals surface area contributed by atoms with E-state index < -0.39 is 0 Å². The van der Waals surface area contributed by atoms with Crippen molar-refractivity contribution in [3.63, 3.8) is 0 Å². The van der Waals surface area contributed by atoms with E-state index in [4.69, 9.17) is 10.3 Å². The fraction of sp³-hybridized carbons (Fsp3) is 0.385. The number of nitrogens with zero attached hydrogens (tertiary/aromatic N) is 2. The van der Waals surface area contributed by atoms with Gasteiger partial charge >= 0.3 is 0 Å². The Kier molecular flexibility index (Phi) is 3.72. The van der Waals surface area contributed by atoms with Crippen molar-refractivity contribution in [2.75, 3.05) is 6.54 Å². The summed E-state index contributed by atoms with van der Waals surface area (Å²) in [4.78, 5) is 4.24. The van der Waals surface area contributed by atoms with Gasteiger partial charge in [-0.1, -0.05) is 24.2 Å². The molecule has 0 amide bonds. The zero-order valence-corrected chi connectivity index (χ0v) is 10.5. The Morgan fingerprint density at radius 3 is 2.89 bits per heavy atom. The van der Waals surface area contributed by atoms with Gasteiger partial charge in [0.05, 0.1) is 0 Å². The quantitative estimate of drug-likeness (QED) is 0.903. The topological polar surface area (TPSA) is 64.9 Å². The molecular formula is C13H16FN3O. The van der Waals surface area contributed by atoms with Crippen molar-refractivity contribution in [2.24, 2.45) is 11.7 Å². The maximum Gasteiger partial charge on any atom is 0.227 e. The molecule has 0 saturated heterocycles. The number of hydrogen-bond donors (Lipinski definition) is 1. The lowest BCUT2D eigenvalue weighted by molar-refractivity contribution is 0.360. The highest BCUT2D eigenvalue weighted by Crippen LogP contribution is 2.19. The van der Waals surface area contributed by atoms with Crippen molar-refractivity contribution in [3.8, 4) is 11.4 Å². The van der Waals surface area contributed by atoms with Crippen LogP contribution in [0.15, 0.2) is 22.7 Å². The van der Waals surface area contributed by atoms with Crippen molar-refractivity contribution < 1.29 is 8.91 Å². The third kappa shape index (κ3) is 2.73. The van der Waals surface area contributed by atoms with Gasteiger partial charge in [-0.05, 0) is 31.0 Å². The largest absolute Gasteiger partial charge is 0.339 e. The molecule has 2 N–H and O–H groups in total. The zero-order chi connectivity index (χ0) is 13.1. The van der Waals surface area contributed by atoms with Gasteiger partial charge in [-0.2, -0.15) is 4.98 Å². The van der Waals surface area contributed by atoms with Crippen LogP contribution in [0.1, 0.15) is 18.4 Å². The first-order valence-electron chi connectivity index (χ1n) is 5.89. The number of benzene rings is 1. The highest BCUT2D eigenvalue weighted by Gasteiger charge is 2.12. The number of aryl methyl sites for hydroxylation is 1. The normalized spacial score (nSPS) is 12.7. The number of rotatable bonds is 4.